The number of ether oxygens (including phenoxy) is 1. The van der Waals surface area contributed by atoms with Crippen LogP contribution in [0.5, 0.6) is 0 Å². The van der Waals surface area contributed by atoms with E-state index in [-0.39, 0.29) is 12.0 Å². The van der Waals surface area contributed by atoms with Crippen molar-refractivity contribution in [3.8, 4) is 11.5 Å². The van der Waals surface area contributed by atoms with Crippen molar-refractivity contribution in [2.45, 2.75) is 6.10 Å². The molecule has 1 fully saturated rings. The normalized spacial score (nSPS) is 17.3. The van der Waals surface area contributed by atoms with Gasteiger partial charge in [0.25, 0.3) is 5.91 Å². The molecule has 0 spiro atoms. The number of oxazole rings is 1. The second-order valence-corrected chi connectivity index (χ2v) is 6.51. The fraction of sp³-hybridized carbons (Fsp3) is 0.200. The van der Waals surface area contributed by atoms with Crippen LogP contribution < -0.4 is 0 Å². The Morgan fingerprint density at radius 1 is 1.15 bits per heavy atom. The van der Waals surface area contributed by atoms with E-state index in [0.717, 1.165) is 11.1 Å². The summed E-state index contributed by atoms with van der Waals surface area (Å²) in [5.41, 5.74) is 2.10. The summed E-state index contributed by atoms with van der Waals surface area (Å²) in [7, 11) is 0. The maximum Gasteiger partial charge on any atom is 0.276 e. The molecule has 1 aliphatic heterocycles. The predicted molar refractivity (Wildman–Crippen MR) is 98.0 cm³/mol. The molecule has 0 radical (unpaired) electrons. The van der Waals surface area contributed by atoms with Gasteiger partial charge >= 0.3 is 0 Å². The molecule has 0 aliphatic carbocycles. The summed E-state index contributed by atoms with van der Waals surface area (Å²) in [6.07, 6.45) is 1.21. The number of aromatic nitrogens is 1. The highest BCUT2D eigenvalue weighted by atomic mass is 35.5. The number of benzene rings is 2. The van der Waals surface area contributed by atoms with Crippen molar-refractivity contribution in [3.05, 3.63) is 77.1 Å². The van der Waals surface area contributed by atoms with E-state index in [4.69, 9.17) is 20.8 Å². The first kappa shape index (κ1) is 16.8. The molecule has 2 heterocycles. The van der Waals surface area contributed by atoms with E-state index in [1.807, 2.05) is 54.6 Å². The number of rotatable bonds is 3. The van der Waals surface area contributed by atoms with Crippen LogP contribution in [0.1, 0.15) is 22.2 Å². The molecular weight excluding hydrogens is 352 g/mol. The van der Waals surface area contributed by atoms with Gasteiger partial charge in [-0.1, -0.05) is 41.9 Å². The second kappa shape index (κ2) is 7.32. The van der Waals surface area contributed by atoms with Gasteiger partial charge in [-0.05, 0) is 29.8 Å². The summed E-state index contributed by atoms with van der Waals surface area (Å²) in [6, 6.07) is 17.0. The molecular formula is C20H17ClN2O3. The Labute approximate surface area is 156 Å². The van der Waals surface area contributed by atoms with Crippen molar-refractivity contribution < 1.29 is 13.9 Å². The summed E-state index contributed by atoms with van der Waals surface area (Å²) in [5.74, 6) is 0.278. The van der Waals surface area contributed by atoms with E-state index in [0.29, 0.717) is 36.3 Å². The number of amides is 1. The minimum atomic E-state index is -0.202. The van der Waals surface area contributed by atoms with Crippen LogP contribution in [-0.2, 0) is 4.74 Å². The minimum Gasteiger partial charge on any atom is -0.444 e. The van der Waals surface area contributed by atoms with E-state index < -0.39 is 0 Å². The molecule has 1 aliphatic rings. The Balaban J connectivity index is 1.50. The number of nitrogens with zero attached hydrogens (tertiary/aromatic N) is 2. The summed E-state index contributed by atoms with van der Waals surface area (Å²) in [5, 5.41) is 0.651. The van der Waals surface area contributed by atoms with Crippen LogP contribution >= 0.6 is 11.6 Å². The van der Waals surface area contributed by atoms with Gasteiger partial charge in [0.2, 0.25) is 5.89 Å². The molecule has 6 heteroatoms. The van der Waals surface area contributed by atoms with Crippen molar-refractivity contribution >= 4 is 17.5 Å². The third-order valence-electron chi connectivity index (χ3n) is 4.32. The van der Waals surface area contributed by atoms with Gasteiger partial charge in [-0.15, -0.1) is 0 Å². The zero-order valence-electron chi connectivity index (χ0n) is 14.0. The summed E-state index contributed by atoms with van der Waals surface area (Å²) in [6.45, 7) is 1.43. The molecule has 5 nitrogen and oxygen atoms in total. The topological polar surface area (TPSA) is 55.6 Å². The zero-order valence-corrected chi connectivity index (χ0v) is 14.7. The fourth-order valence-electron chi connectivity index (χ4n) is 2.99. The van der Waals surface area contributed by atoms with E-state index in [1.165, 1.54) is 6.26 Å². The number of morpholine rings is 1. The lowest BCUT2D eigenvalue weighted by Crippen LogP contribution is -2.42. The van der Waals surface area contributed by atoms with Gasteiger partial charge in [-0.2, -0.15) is 0 Å². The van der Waals surface area contributed by atoms with E-state index in [2.05, 4.69) is 4.98 Å². The maximum atomic E-state index is 12.8. The molecule has 1 atom stereocenters. The molecule has 0 bridgehead atoms. The van der Waals surface area contributed by atoms with Crippen LogP contribution in [-0.4, -0.2) is 35.5 Å². The van der Waals surface area contributed by atoms with Crippen molar-refractivity contribution in [2.24, 2.45) is 0 Å². The van der Waals surface area contributed by atoms with Gasteiger partial charge in [0, 0.05) is 17.1 Å². The van der Waals surface area contributed by atoms with Gasteiger partial charge in [0.05, 0.1) is 13.2 Å². The third-order valence-corrected chi connectivity index (χ3v) is 4.55. The Morgan fingerprint density at radius 2 is 2.00 bits per heavy atom. The quantitative estimate of drug-likeness (QED) is 0.695. The lowest BCUT2D eigenvalue weighted by molar-refractivity contribution is -0.0230. The van der Waals surface area contributed by atoms with E-state index in [1.54, 1.807) is 4.90 Å². The lowest BCUT2D eigenvalue weighted by atomic mass is 10.1. The maximum absolute atomic E-state index is 12.8. The number of hydrogen-bond acceptors (Lipinski definition) is 4. The van der Waals surface area contributed by atoms with Crippen molar-refractivity contribution in [1.29, 1.82) is 0 Å². The van der Waals surface area contributed by atoms with Crippen LogP contribution in [0, 0.1) is 0 Å². The second-order valence-electron chi connectivity index (χ2n) is 6.07. The van der Waals surface area contributed by atoms with Crippen molar-refractivity contribution in [1.82, 2.24) is 9.88 Å². The molecule has 1 aromatic heterocycles. The molecule has 0 N–H and O–H groups in total. The average molecular weight is 369 g/mol. The SMILES string of the molecule is O=C(c1coc(-c2ccccc2)n1)N1CCOC(c2cccc(Cl)c2)C1. The Kier molecular flexibility index (Phi) is 4.73. The smallest absolute Gasteiger partial charge is 0.276 e. The summed E-state index contributed by atoms with van der Waals surface area (Å²) in [4.78, 5) is 18.9. The minimum absolute atomic E-state index is 0.161. The first-order chi connectivity index (χ1) is 12.7. The average Bonchev–Trinajstić information content (AvgIpc) is 3.18. The van der Waals surface area contributed by atoms with E-state index in [9.17, 15) is 4.79 Å². The number of halogens is 1. The molecule has 26 heavy (non-hydrogen) atoms. The highest BCUT2D eigenvalue weighted by Crippen LogP contribution is 2.26. The van der Waals surface area contributed by atoms with Gasteiger partial charge < -0.3 is 14.1 Å². The van der Waals surface area contributed by atoms with E-state index >= 15 is 0 Å². The molecule has 1 amide bonds. The largest absolute Gasteiger partial charge is 0.444 e. The monoisotopic (exact) mass is 368 g/mol. The molecule has 3 aromatic rings. The Hall–Kier alpha value is -2.63. The van der Waals surface area contributed by atoms with Crippen LogP contribution in [0.2, 0.25) is 5.02 Å². The van der Waals surface area contributed by atoms with Crippen LogP contribution in [0.3, 0.4) is 0 Å². The number of hydrogen-bond donors (Lipinski definition) is 0. The van der Waals surface area contributed by atoms with Gasteiger partial charge in [0.1, 0.15) is 12.4 Å². The summed E-state index contributed by atoms with van der Waals surface area (Å²) < 4.78 is 11.3. The molecule has 1 unspecified atom stereocenters. The van der Waals surface area contributed by atoms with Gasteiger partial charge in [0.15, 0.2) is 5.69 Å². The predicted octanol–water partition coefficient (Wildman–Crippen LogP) is 4.21. The molecule has 4 rings (SSSR count). The Bertz CT molecular complexity index is 910. The van der Waals surface area contributed by atoms with Gasteiger partial charge in [-0.25, -0.2) is 4.98 Å². The molecule has 1 saturated heterocycles. The highest BCUT2D eigenvalue weighted by Gasteiger charge is 2.28. The zero-order chi connectivity index (χ0) is 17.9. The molecule has 0 saturated carbocycles. The van der Waals surface area contributed by atoms with Crippen molar-refractivity contribution in [3.63, 3.8) is 0 Å². The summed E-state index contributed by atoms with van der Waals surface area (Å²) >= 11 is 6.06. The molecule has 2 aromatic carbocycles. The fourth-order valence-corrected chi connectivity index (χ4v) is 3.19. The number of carbonyl (C=O) groups is 1. The lowest BCUT2D eigenvalue weighted by Gasteiger charge is -2.32. The van der Waals surface area contributed by atoms with Crippen LogP contribution in [0.25, 0.3) is 11.5 Å². The molecule has 132 valence electrons. The standard InChI is InChI=1S/C20H17ClN2O3/c21-16-8-4-7-15(11-16)18-12-23(9-10-25-18)20(24)17-13-26-19(22-17)14-5-2-1-3-6-14/h1-8,11,13,18H,9-10,12H2. The highest BCUT2D eigenvalue weighted by molar-refractivity contribution is 6.30. The number of carbonyl (C=O) groups excluding carboxylic acids is 1. The Morgan fingerprint density at radius 3 is 2.81 bits per heavy atom. The van der Waals surface area contributed by atoms with Crippen LogP contribution in [0.4, 0.5) is 0 Å². The van der Waals surface area contributed by atoms with Crippen LogP contribution in [0.15, 0.2) is 65.3 Å². The first-order valence-electron chi connectivity index (χ1n) is 8.38. The van der Waals surface area contributed by atoms with Crippen molar-refractivity contribution in [2.75, 3.05) is 19.7 Å². The van der Waals surface area contributed by atoms with Gasteiger partial charge in [-0.3, -0.25) is 4.79 Å². The third kappa shape index (κ3) is 3.49. The first-order valence-corrected chi connectivity index (χ1v) is 8.76.